The summed E-state index contributed by atoms with van der Waals surface area (Å²) in [7, 11) is 0. The van der Waals surface area contributed by atoms with Gasteiger partial charge in [0.05, 0.1) is 12.0 Å². The molecule has 0 radical (unpaired) electrons. The summed E-state index contributed by atoms with van der Waals surface area (Å²) in [5.74, 6) is -0.00500. The number of carbonyl (C=O) groups is 1. The molecule has 0 aliphatic rings. The number of benzene rings is 1. The van der Waals surface area contributed by atoms with Gasteiger partial charge in [0.15, 0.2) is 0 Å². The lowest BCUT2D eigenvalue weighted by molar-refractivity contribution is 0.0514. The lowest BCUT2D eigenvalue weighted by Crippen LogP contribution is -2.10. The van der Waals surface area contributed by atoms with Crippen LogP contribution in [0.5, 0.6) is 0 Å². The van der Waals surface area contributed by atoms with Crippen LogP contribution in [0.1, 0.15) is 20.8 Å². The number of nitrogens with zero attached hydrogens (tertiary/aromatic N) is 2. The molecule has 3 aromatic heterocycles. The van der Waals surface area contributed by atoms with Gasteiger partial charge in [-0.25, -0.2) is 9.78 Å². The molecule has 0 bridgehead atoms. The summed E-state index contributed by atoms with van der Waals surface area (Å²) in [4.78, 5) is 37.3. The molecule has 140 valence electrons. The number of hydrogen-bond acceptors (Lipinski definition) is 6. The number of pyridine rings is 1. The quantitative estimate of drug-likeness (QED) is 0.524. The van der Waals surface area contributed by atoms with Crippen molar-refractivity contribution in [2.24, 2.45) is 0 Å². The fourth-order valence-corrected chi connectivity index (χ4v) is 4.03. The molecule has 0 aliphatic carbocycles. The Kier molecular flexibility index (Phi) is 4.99. The van der Waals surface area contributed by atoms with Crippen molar-refractivity contribution in [1.82, 2.24) is 15.0 Å². The Morgan fingerprint density at radius 2 is 2.00 bits per heavy atom. The molecule has 3 heterocycles. The van der Waals surface area contributed by atoms with Gasteiger partial charge in [0.1, 0.15) is 15.5 Å². The number of carbonyl (C=O) groups excluding carboxylic acids is 1. The van der Waals surface area contributed by atoms with Crippen LogP contribution in [0.3, 0.4) is 0 Å². The van der Waals surface area contributed by atoms with Crippen LogP contribution in [0.2, 0.25) is 0 Å². The normalized spacial score (nSPS) is 10.9. The monoisotopic (exact) mass is 391 g/mol. The first kappa shape index (κ1) is 18.1. The Hall–Kier alpha value is -3.32. The van der Waals surface area contributed by atoms with Crippen LogP contribution in [-0.2, 0) is 11.2 Å². The lowest BCUT2D eigenvalue weighted by Gasteiger charge is -2.04. The molecule has 0 unspecified atom stereocenters. The second-order valence-corrected chi connectivity index (χ2v) is 7.26. The second kappa shape index (κ2) is 7.74. The summed E-state index contributed by atoms with van der Waals surface area (Å²) in [5.41, 5.74) is 2.12. The number of aryl methyl sites for hydroxylation is 1. The summed E-state index contributed by atoms with van der Waals surface area (Å²) in [5, 5.41) is 0.424. The molecule has 0 saturated heterocycles. The van der Waals surface area contributed by atoms with Gasteiger partial charge in [0.2, 0.25) is 0 Å². The smallest absolute Gasteiger partial charge is 0.348 e. The van der Waals surface area contributed by atoms with Crippen LogP contribution in [0, 0.1) is 6.92 Å². The molecule has 1 aromatic carbocycles. The number of fused-ring (bicyclic) bond motifs is 1. The number of ether oxygens (including phenoxy) is 1. The van der Waals surface area contributed by atoms with Crippen LogP contribution in [0.4, 0.5) is 0 Å². The summed E-state index contributed by atoms with van der Waals surface area (Å²) in [6, 6.07) is 13.4. The van der Waals surface area contributed by atoms with Crippen molar-refractivity contribution in [2.75, 3.05) is 6.61 Å². The predicted molar refractivity (Wildman–Crippen MR) is 109 cm³/mol. The number of rotatable bonds is 5. The molecular formula is C21H17N3O3S. The molecule has 0 fully saturated rings. The number of thiophene rings is 1. The van der Waals surface area contributed by atoms with Crippen molar-refractivity contribution in [1.29, 1.82) is 0 Å². The van der Waals surface area contributed by atoms with E-state index in [0.29, 0.717) is 38.5 Å². The summed E-state index contributed by atoms with van der Waals surface area (Å²) in [6.07, 6.45) is 3.92. The van der Waals surface area contributed by atoms with Crippen molar-refractivity contribution in [2.45, 2.75) is 13.3 Å². The molecule has 0 saturated carbocycles. The zero-order chi connectivity index (χ0) is 19.5. The lowest BCUT2D eigenvalue weighted by atomic mass is 10.2. The van der Waals surface area contributed by atoms with Crippen LogP contribution in [0.15, 0.2) is 59.7 Å². The van der Waals surface area contributed by atoms with Gasteiger partial charge in [0, 0.05) is 24.4 Å². The van der Waals surface area contributed by atoms with Gasteiger partial charge in [-0.1, -0.05) is 30.3 Å². The zero-order valence-corrected chi connectivity index (χ0v) is 16.0. The first-order chi connectivity index (χ1) is 13.6. The number of hydrogen-bond donors (Lipinski definition) is 1. The molecule has 0 amide bonds. The standard InChI is InChI=1S/C21H17N3O3S/c1-13-16-19(25)23-18(15-8-5-10-22-12-15)24-20(16)28-17(13)21(26)27-11-9-14-6-3-2-4-7-14/h2-8,10,12H,9,11H2,1H3,(H,23,24,25). The number of nitrogens with one attached hydrogen (secondary N) is 1. The Balaban J connectivity index is 1.59. The average molecular weight is 391 g/mol. The summed E-state index contributed by atoms with van der Waals surface area (Å²) < 4.78 is 5.42. The van der Waals surface area contributed by atoms with E-state index in [9.17, 15) is 9.59 Å². The topological polar surface area (TPSA) is 84.9 Å². The molecule has 6 nitrogen and oxygen atoms in total. The minimum Gasteiger partial charge on any atom is -0.461 e. The highest BCUT2D eigenvalue weighted by Crippen LogP contribution is 2.29. The first-order valence-electron chi connectivity index (χ1n) is 8.78. The first-order valence-corrected chi connectivity index (χ1v) is 9.60. The van der Waals surface area contributed by atoms with Crippen molar-refractivity contribution in [3.05, 3.63) is 81.2 Å². The maximum absolute atomic E-state index is 12.6. The molecule has 0 aliphatic heterocycles. The van der Waals surface area contributed by atoms with Crippen LogP contribution < -0.4 is 5.56 Å². The maximum atomic E-state index is 12.6. The molecule has 4 aromatic rings. The Bertz CT molecular complexity index is 1180. The molecule has 0 atom stereocenters. The summed E-state index contributed by atoms with van der Waals surface area (Å²) >= 11 is 1.18. The molecular weight excluding hydrogens is 374 g/mol. The van der Waals surface area contributed by atoms with E-state index >= 15 is 0 Å². The second-order valence-electron chi connectivity index (χ2n) is 6.26. The number of aromatic nitrogens is 3. The number of esters is 1. The van der Waals surface area contributed by atoms with E-state index in [-0.39, 0.29) is 12.2 Å². The van der Waals surface area contributed by atoms with E-state index in [4.69, 9.17) is 4.74 Å². The predicted octanol–water partition coefficient (Wildman–Crippen LogP) is 3.75. The van der Waals surface area contributed by atoms with Crippen molar-refractivity contribution >= 4 is 27.5 Å². The van der Waals surface area contributed by atoms with Gasteiger partial charge >= 0.3 is 5.97 Å². The van der Waals surface area contributed by atoms with Gasteiger partial charge in [-0.3, -0.25) is 9.78 Å². The van der Waals surface area contributed by atoms with Gasteiger partial charge in [-0.15, -0.1) is 11.3 Å². The van der Waals surface area contributed by atoms with E-state index in [1.807, 2.05) is 36.4 Å². The third-order valence-corrected chi connectivity index (χ3v) is 5.55. The molecule has 7 heteroatoms. The summed E-state index contributed by atoms with van der Waals surface area (Å²) in [6.45, 7) is 2.02. The third kappa shape index (κ3) is 3.57. The highest BCUT2D eigenvalue weighted by molar-refractivity contribution is 7.20. The Morgan fingerprint density at radius 1 is 1.18 bits per heavy atom. The molecule has 28 heavy (non-hydrogen) atoms. The zero-order valence-electron chi connectivity index (χ0n) is 15.1. The van der Waals surface area contributed by atoms with Crippen molar-refractivity contribution < 1.29 is 9.53 Å². The van der Waals surface area contributed by atoms with Gasteiger partial charge < -0.3 is 9.72 Å². The Labute approximate surface area is 164 Å². The molecule has 4 rings (SSSR count). The van der Waals surface area contributed by atoms with Gasteiger partial charge in [-0.05, 0) is 30.2 Å². The van der Waals surface area contributed by atoms with Crippen molar-refractivity contribution in [3.63, 3.8) is 0 Å². The van der Waals surface area contributed by atoms with Crippen LogP contribution >= 0.6 is 11.3 Å². The van der Waals surface area contributed by atoms with E-state index in [0.717, 1.165) is 5.56 Å². The SMILES string of the molecule is Cc1c(C(=O)OCCc2ccccc2)sc2nc(-c3cccnc3)[nH]c(=O)c12. The van der Waals surface area contributed by atoms with E-state index < -0.39 is 5.97 Å². The van der Waals surface area contributed by atoms with Gasteiger partial charge in [-0.2, -0.15) is 0 Å². The fraction of sp³-hybridized carbons (Fsp3) is 0.143. The highest BCUT2D eigenvalue weighted by atomic mass is 32.1. The van der Waals surface area contributed by atoms with E-state index in [1.165, 1.54) is 11.3 Å². The minimum atomic E-state index is -0.432. The van der Waals surface area contributed by atoms with Crippen LogP contribution in [-0.4, -0.2) is 27.5 Å². The minimum absolute atomic E-state index is 0.277. The Morgan fingerprint density at radius 3 is 2.75 bits per heavy atom. The number of aromatic amines is 1. The van der Waals surface area contributed by atoms with E-state index in [2.05, 4.69) is 15.0 Å². The maximum Gasteiger partial charge on any atom is 0.348 e. The average Bonchev–Trinajstić information content (AvgIpc) is 3.06. The largest absolute Gasteiger partial charge is 0.461 e. The van der Waals surface area contributed by atoms with E-state index in [1.54, 1.807) is 25.4 Å². The number of H-pyrrole nitrogens is 1. The van der Waals surface area contributed by atoms with Crippen LogP contribution in [0.25, 0.3) is 21.6 Å². The van der Waals surface area contributed by atoms with Crippen molar-refractivity contribution in [3.8, 4) is 11.4 Å². The fourth-order valence-electron chi connectivity index (χ4n) is 2.95. The van der Waals surface area contributed by atoms with Gasteiger partial charge in [0.25, 0.3) is 5.56 Å². The molecule has 0 spiro atoms. The third-order valence-electron chi connectivity index (χ3n) is 4.39. The molecule has 1 N–H and O–H groups in total. The highest BCUT2D eigenvalue weighted by Gasteiger charge is 2.20.